The van der Waals surface area contributed by atoms with E-state index in [2.05, 4.69) is 6.92 Å². The molecule has 1 heterocycles. The molecule has 2 rings (SSSR count). The average Bonchev–Trinajstić information content (AvgIpc) is 2.53. The lowest BCUT2D eigenvalue weighted by Crippen LogP contribution is -2.38. The van der Waals surface area contributed by atoms with Gasteiger partial charge in [-0.2, -0.15) is 4.31 Å². The zero-order chi connectivity index (χ0) is 17.0. The third kappa shape index (κ3) is 4.11. The van der Waals surface area contributed by atoms with Crippen molar-refractivity contribution in [1.82, 2.24) is 4.31 Å². The Balaban J connectivity index is 2.39. The van der Waals surface area contributed by atoms with E-state index in [1.54, 1.807) is 6.07 Å². The highest BCUT2D eigenvalue weighted by Gasteiger charge is 2.30. The van der Waals surface area contributed by atoms with E-state index in [9.17, 15) is 18.3 Å². The first-order valence-electron chi connectivity index (χ1n) is 7.42. The standard InChI is InChI=1S/C16H21NO5S/c1-12-7-9-17(10-8-12)23(20,21)15-11-13(4-6-16(18)19)3-5-14(15)22-2/h3-6,11-12H,7-10H2,1-2H3,(H,18,19)/p-1/b6-4+. The van der Waals surface area contributed by atoms with Crippen molar-refractivity contribution in [3.63, 3.8) is 0 Å². The first-order valence-corrected chi connectivity index (χ1v) is 8.86. The summed E-state index contributed by atoms with van der Waals surface area (Å²) in [4.78, 5) is 10.6. The fourth-order valence-electron chi connectivity index (χ4n) is 2.53. The minimum Gasteiger partial charge on any atom is -0.545 e. The minimum absolute atomic E-state index is 0.0510. The van der Waals surface area contributed by atoms with Crippen LogP contribution in [0.5, 0.6) is 5.75 Å². The first-order chi connectivity index (χ1) is 10.8. The number of sulfonamides is 1. The molecule has 1 fully saturated rings. The van der Waals surface area contributed by atoms with Crippen molar-refractivity contribution in [2.75, 3.05) is 20.2 Å². The molecule has 1 aromatic carbocycles. The molecule has 7 heteroatoms. The van der Waals surface area contributed by atoms with Gasteiger partial charge in [0, 0.05) is 13.1 Å². The molecule has 6 nitrogen and oxygen atoms in total. The van der Waals surface area contributed by atoms with E-state index in [4.69, 9.17) is 4.74 Å². The van der Waals surface area contributed by atoms with Gasteiger partial charge in [-0.15, -0.1) is 0 Å². The summed E-state index contributed by atoms with van der Waals surface area (Å²) < 4.78 is 32.3. The van der Waals surface area contributed by atoms with Crippen LogP contribution in [-0.2, 0) is 14.8 Å². The number of carbonyl (C=O) groups excluding carboxylic acids is 1. The SMILES string of the molecule is COc1ccc(/C=C/C(=O)[O-])cc1S(=O)(=O)N1CCC(C)CC1. The fourth-order valence-corrected chi connectivity index (χ4v) is 4.19. The summed E-state index contributed by atoms with van der Waals surface area (Å²) in [5.74, 6) is -0.579. The summed E-state index contributed by atoms with van der Waals surface area (Å²) >= 11 is 0. The van der Waals surface area contributed by atoms with Crippen LogP contribution in [0.1, 0.15) is 25.3 Å². The van der Waals surface area contributed by atoms with E-state index in [1.807, 2.05) is 0 Å². The fraction of sp³-hybridized carbons (Fsp3) is 0.438. The van der Waals surface area contributed by atoms with Gasteiger partial charge in [0.25, 0.3) is 0 Å². The Kier molecular flexibility index (Phi) is 5.43. The maximum absolute atomic E-state index is 12.9. The number of methoxy groups -OCH3 is 1. The molecule has 0 aromatic heterocycles. The summed E-state index contributed by atoms with van der Waals surface area (Å²) in [6.45, 7) is 3.06. The molecule has 0 N–H and O–H groups in total. The average molecular weight is 338 g/mol. The first kappa shape index (κ1) is 17.5. The van der Waals surface area contributed by atoms with Crippen LogP contribution in [0.15, 0.2) is 29.2 Å². The van der Waals surface area contributed by atoms with E-state index >= 15 is 0 Å². The number of carbonyl (C=O) groups is 1. The number of benzene rings is 1. The predicted octanol–water partition coefficient (Wildman–Crippen LogP) is 0.879. The van der Waals surface area contributed by atoms with Gasteiger partial charge in [-0.25, -0.2) is 8.42 Å². The lowest BCUT2D eigenvalue weighted by molar-refractivity contribution is -0.297. The number of rotatable bonds is 5. The van der Waals surface area contributed by atoms with Gasteiger partial charge in [0.2, 0.25) is 10.0 Å². The molecule has 23 heavy (non-hydrogen) atoms. The van der Waals surface area contributed by atoms with Crippen molar-refractivity contribution in [3.05, 3.63) is 29.8 Å². The van der Waals surface area contributed by atoms with Gasteiger partial charge < -0.3 is 14.6 Å². The minimum atomic E-state index is -3.68. The molecule has 1 saturated heterocycles. The molecular weight excluding hydrogens is 318 g/mol. The van der Waals surface area contributed by atoms with E-state index in [-0.39, 0.29) is 10.6 Å². The molecule has 0 amide bonds. The maximum Gasteiger partial charge on any atom is 0.246 e. The maximum atomic E-state index is 12.9. The summed E-state index contributed by atoms with van der Waals surface area (Å²) in [7, 11) is -2.27. The molecule has 1 aromatic rings. The second-order valence-corrected chi connectivity index (χ2v) is 7.56. The number of nitrogens with zero attached hydrogens (tertiary/aromatic N) is 1. The number of ether oxygens (including phenoxy) is 1. The van der Waals surface area contributed by atoms with Crippen LogP contribution in [0, 0.1) is 5.92 Å². The number of hydrogen-bond donors (Lipinski definition) is 0. The zero-order valence-corrected chi connectivity index (χ0v) is 14.0. The van der Waals surface area contributed by atoms with E-state index < -0.39 is 16.0 Å². The Hall–Kier alpha value is -1.86. The van der Waals surface area contributed by atoms with Gasteiger partial charge in [0.15, 0.2) is 0 Å². The monoisotopic (exact) mass is 338 g/mol. The number of aliphatic carboxylic acids is 1. The molecule has 0 bridgehead atoms. The lowest BCUT2D eigenvalue weighted by atomic mass is 10.0. The van der Waals surface area contributed by atoms with E-state index in [0.29, 0.717) is 24.6 Å². The Morgan fingerprint density at radius 2 is 2.00 bits per heavy atom. The van der Waals surface area contributed by atoms with Gasteiger partial charge in [-0.05, 0) is 42.5 Å². The largest absolute Gasteiger partial charge is 0.545 e. The molecule has 0 radical (unpaired) electrons. The molecule has 0 saturated carbocycles. The third-order valence-corrected chi connectivity index (χ3v) is 5.88. The highest BCUT2D eigenvalue weighted by atomic mass is 32.2. The van der Waals surface area contributed by atoms with Crippen LogP contribution in [0.2, 0.25) is 0 Å². The van der Waals surface area contributed by atoms with Gasteiger partial charge >= 0.3 is 0 Å². The van der Waals surface area contributed by atoms with Crippen molar-refractivity contribution in [2.24, 2.45) is 5.92 Å². The molecule has 1 aliphatic rings. The van der Waals surface area contributed by atoms with Gasteiger partial charge in [0.1, 0.15) is 10.6 Å². The Morgan fingerprint density at radius 3 is 2.57 bits per heavy atom. The molecule has 0 spiro atoms. The summed E-state index contributed by atoms with van der Waals surface area (Å²) in [6, 6.07) is 4.54. The number of hydrogen-bond acceptors (Lipinski definition) is 5. The van der Waals surface area contributed by atoms with Crippen LogP contribution >= 0.6 is 0 Å². The molecule has 1 aliphatic heterocycles. The third-order valence-electron chi connectivity index (χ3n) is 3.96. The van der Waals surface area contributed by atoms with Crippen molar-refractivity contribution < 1.29 is 23.1 Å². The van der Waals surface area contributed by atoms with Gasteiger partial charge in [-0.1, -0.05) is 19.1 Å². The number of carboxylic acids is 1. The van der Waals surface area contributed by atoms with Gasteiger partial charge in [-0.3, -0.25) is 0 Å². The second-order valence-electron chi connectivity index (χ2n) is 5.65. The van der Waals surface area contributed by atoms with Crippen molar-refractivity contribution in [1.29, 1.82) is 0 Å². The van der Waals surface area contributed by atoms with E-state index in [1.165, 1.54) is 29.6 Å². The zero-order valence-electron chi connectivity index (χ0n) is 13.2. The molecular formula is C16H20NO5S-. The molecule has 0 unspecified atom stereocenters. The van der Waals surface area contributed by atoms with Crippen molar-refractivity contribution >= 4 is 22.1 Å². The lowest BCUT2D eigenvalue weighted by Gasteiger charge is -2.29. The van der Waals surface area contributed by atoms with Crippen molar-refractivity contribution in [2.45, 2.75) is 24.7 Å². The van der Waals surface area contributed by atoms with Gasteiger partial charge in [0.05, 0.1) is 13.1 Å². The van der Waals surface area contributed by atoms with E-state index in [0.717, 1.165) is 18.9 Å². The Labute approximate surface area is 136 Å². The highest BCUT2D eigenvalue weighted by Crippen LogP contribution is 2.30. The van der Waals surface area contributed by atoms with Crippen LogP contribution in [0.3, 0.4) is 0 Å². The van der Waals surface area contributed by atoms with Crippen LogP contribution < -0.4 is 9.84 Å². The number of piperidine rings is 1. The topological polar surface area (TPSA) is 86.7 Å². The normalized spacial score (nSPS) is 17.5. The summed E-state index contributed by atoms with van der Waals surface area (Å²) in [5, 5.41) is 10.5. The quantitative estimate of drug-likeness (QED) is 0.744. The molecule has 126 valence electrons. The second kappa shape index (κ2) is 7.14. The summed E-state index contributed by atoms with van der Waals surface area (Å²) in [5.41, 5.74) is 0.457. The van der Waals surface area contributed by atoms with Crippen LogP contribution in [-0.4, -0.2) is 38.9 Å². The van der Waals surface area contributed by atoms with Crippen LogP contribution in [0.4, 0.5) is 0 Å². The Bertz CT molecular complexity index is 703. The highest BCUT2D eigenvalue weighted by molar-refractivity contribution is 7.89. The molecule has 0 aliphatic carbocycles. The van der Waals surface area contributed by atoms with Crippen molar-refractivity contribution in [3.8, 4) is 5.75 Å². The summed E-state index contributed by atoms with van der Waals surface area (Å²) in [6.07, 6.45) is 3.81. The van der Waals surface area contributed by atoms with Crippen LogP contribution in [0.25, 0.3) is 6.08 Å². The number of carboxylic acid groups (broad SMARTS) is 1. The predicted molar refractivity (Wildman–Crippen MR) is 84.2 cm³/mol. The molecule has 0 atom stereocenters. The Morgan fingerprint density at radius 1 is 1.35 bits per heavy atom. The smallest absolute Gasteiger partial charge is 0.246 e.